The second-order valence-electron chi connectivity index (χ2n) is 5.45. The molecule has 2 nitrogen and oxygen atoms in total. The van der Waals surface area contributed by atoms with Gasteiger partial charge in [0.1, 0.15) is 0 Å². The lowest BCUT2D eigenvalue weighted by Gasteiger charge is -2.26. The molecule has 2 rings (SSSR count). The molecule has 1 fully saturated rings. The first-order valence-electron chi connectivity index (χ1n) is 7.19. The molecule has 0 aromatic heterocycles. The molecule has 0 spiro atoms. The minimum Gasteiger partial charge on any atom is -0.375 e. The van der Waals surface area contributed by atoms with Crippen LogP contribution in [0.25, 0.3) is 0 Å². The van der Waals surface area contributed by atoms with E-state index >= 15 is 0 Å². The quantitative estimate of drug-likeness (QED) is 0.778. The molecule has 0 bridgehead atoms. The molecule has 0 saturated heterocycles. The topological polar surface area (TPSA) is 21.3 Å². The van der Waals surface area contributed by atoms with Crippen LogP contribution in [-0.2, 0) is 11.3 Å². The van der Waals surface area contributed by atoms with Crippen molar-refractivity contribution in [1.82, 2.24) is 5.32 Å². The van der Waals surface area contributed by atoms with Gasteiger partial charge in [-0.15, -0.1) is 0 Å². The predicted octanol–water partition coefficient (Wildman–Crippen LogP) is 3.37. The van der Waals surface area contributed by atoms with Crippen molar-refractivity contribution >= 4 is 0 Å². The fourth-order valence-electron chi connectivity index (χ4n) is 2.56. The molecule has 0 amide bonds. The largest absolute Gasteiger partial charge is 0.375 e. The molecule has 100 valence electrons. The van der Waals surface area contributed by atoms with Gasteiger partial charge in [0, 0.05) is 12.6 Å². The van der Waals surface area contributed by atoms with Gasteiger partial charge >= 0.3 is 0 Å². The highest BCUT2D eigenvalue weighted by Gasteiger charge is 2.16. The number of hydrogen-bond donors (Lipinski definition) is 1. The van der Waals surface area contributed by atoms with E-state index in [0.29, 0.717) is 0 Å². The second kappa shape index (κ2) is 7.55. The monoisotopic (exact) mass is 247 g/mol. The zero-order valence-corrected chi connectivity index (χ0v) is 11.4. The Morgan fingerprint density at radius 3 is 2.56 bits per heavy atom. The summed E-state index contributed by atoms with van der Waals surface area (Å²) in [7, 11) is 0. The van der Waals surface area contributed by atoms with Crippen LogP contribution in [0.1, 0.15) is 38.2 Å². The van der Waals surface area contributed by atoms with Crippen molar-refractivity contribution in [2.45, 2.75) is 45.3 Å². The van der Waals surface area contributed by atoms with Crippen molar-refractivity contribution in [3.63, 3.8) is 0 Å². The molecule has 18 heavy (non-hydrogen) atoms. The molecule has 1 aromatic rings. The van der Waals surface area contributed by atoms with Gasteiger partial charge in [-0.05, 0) is 37.2 Å². The minimum atomic E-state index is 0.724. The molecule has 0 radical (unpaired) electrons. The van der Waals surface area contributed by atoms with Gasteiger partial charge in [-0.25, -0.2) is 0 Å². The van der Waals surface area contributed by atoms with E-state index < -0.39 is 0 Å². The zero-order valence-electron chi connectivity index (χ0n) is 11.4. The highest BCUT2D eigenvalue weighted by molar-refractivity contribution is 5.13. The van der Waals surface area contributed by atoms with Crippen molar-refractivity contribution in [1.29, 1.82) is 0 Å². The molecular formula is C16H25NO. The molecule has 1 aliphatic rings. The zero-order chi connectivity index (χ0) is 12.6. The maximum atomic E-state index is 5.67. The normalized spacial score (nSPS) is 24.1. The van der Waals surface area contributed by atoms with Crippen LogP contribution in [0.2, 0.25) is 0 Å². The summed E-state index contributed by atoms with van der Waals surface area (Å²) < 4.78 is 5.67. The summed E-state index contributed by atoms with van der Waals surface area (Å²) >= 11 is 0. The summed E-state index contributed by atoms with van der Waals surface area (Å²) in [5.74, 6) is 0.928. The van der Waals surface area contributed by atoms with E-state index in [1.807, 2.05) is 6.07 Å². The lowest BCUT2D eigenvalue weighted by molar-refractivity contribution is 0.118. The van der Waals surface area contributed by atoms with E-state index in [4.69, 9.17) is 4.74 Å². The third kappa shape index (κ3) is 4.79. The Morgan fingerprint density at radius 1 is 1.11 bits per heavy atom. The molecule has 1 saturated carbocycles. The van der Waals surface area contributed by atoms with Crippen molar-refractivity contribution < 1.29 is 4.74 Å². The Hall–Kier alpha value is -0.860. The molecule has 0 heterocycles. The van der Waals surface area contributed by atoms with Crippen LogP contribution < -0.4 is 5.32 Å². The molecule has 0 unspecified atom stereocenters. The van der Waals surface area contributed by atoms with Crippen LogP contribution >= 0.6 is 0 Å². The Kier molecular flexibility index (Phi) is 5.69. The number of nitrogens with one attached hydrogen (secondary N) is 1. The predicted molar refractivity (Wildman–Crippen MR) is 75.5 cm³/mol. The molecule has 0 atom stereocenters. The van der Waals surface area contributed by atoms with E-state index in [1.54, 1.807) is 0 Å². The van der Waals surface area contributed by atoms with Gasteiger partial charge in [-0.3, -0.25) is 0 Å². The Morgan fingerprint density at radius 2 is 1.83 bits per heavy atom. The SMILES string of the molecule is C[C@H]1CC[C@H](NCCOCc2ccccc2)CC1. The summed E-state index contributed by atoms with van der Waals surface area (Å²) in [6, 6.07) is 11.1. The van der Waals surface area contributed by atoms with Gasteiger partial charge < -0.3 is 10.1 Å². The van der Waals surface area contributed by atoms with E-state index in [1.165, 1.54) is 31.2 Å². The van der Waals surface area contributed by atoms with Crippen LogP contribution in [0.3, 0.4) is 0 Å². The standard InChI is InChI=1S/C16H25NO/c1-14-7-9-16(10-8-14)17-11-12-18-13-15-5-3-2-4-6-15/h2-6,14,16-17H,7-13H2,1H3/t14-,16-. The smallest absolute Gasteiger partial charge is 0.0717 e. The second-order valence-corrected chi connectivity index (χ2v) is 5.45. The summed E-state index contributed by atoms with van der Waals surface area (Å²) in [6.45, 7) is 4.87. The van der Waals surface area contributed by atoms with E-state index in [0.717, 1.165) is 31.7 Å². The first-order chi connectivity index (χ1) is 8.84. The highest BCUT2D eigenvalue weighted by atomic mass is 16.5. The fourth-order valence-corrected chi connectivity index (χ4v) is 2.56. The van der Waals surface area contributed by atoms with Crippen molar-refractivity contribution in [2.24, 2.45) is 5.92 Å². The number of hydrogen-bond acceptors (Lipinski definition) is 2. The average molecular weight is 247 g/mol. The van der Waals surface area contributed by atoms with Crippen molar-refractivity contribution in [3.05, 3.63) is 35.9 Å². The minimum absolute atomic E-state index is 0.724. The van der Waals surface area contributed by atoms with Crippen LogP contribution in [-0.4, -0.2) is 19.2 Å². The number of rotatable bonds is 6. The summed E-state index contributed by atoms with van der Waals surface area (Å²) in [5, 5.41) is 3.60. The van der Waals surface area contributed by atoms with Gasteiger partial charge in [0.2, 0.25) is 0 Å². The molecule has 1 N–H and O–H groups in total. The third-order valence-electron chi connectivity index (χ3n) is 3.81. The highest BCUT2D eigenvalue weighted by Crippen LogP contribution is 2.23. The van der Waals surface area contributed by atoms with E-state index in [9.17, 15) is 0 Å². The summed E-state index contributed by atoms with van der Waals surface area (Å²) in [4.78, 5) is 0. The molecule has 2 heteroatoms. The van der Waals surface area contributed by atoms with Gasteiger partial charge in [0.15, 0.2) is 0 Å². The van der Waals surface area contributed by atoms with Gasteiger partial charge in [0.25, 0.3) is 0 Å². The van der Waals surface area contributed by atoms with Gasteiger partial charge in [-0.1, -0.05) is 37.3 Å². The summed E-state index contributed by atoms with van der Waals surface area (Å²) in [6.07, 6.45) is 5.42. The molecule has 1 aromatic carbocycles. The van der Waals surface area contributed by atoms with E-state index in [-0.39, 0.29) is 0 Å². The Balaban J connectivity index is 1.51. The maximum absolute atomic E-state index is 5.67. The fraction of sp³-hybridized carbons (Fsp3) is 0.625. The number of ether oxygens (including phenoxy) is 1. The summed E-state index contributed by atoms with van der Waals surface area (Å²) in [5.41, 5.74) is 1.25. The van der Waals surface area contributed by atoms with Crippen molar-refractivity contribution in [3.8, 4) is 0 Å². The van der Waals surface area contributed by atoms with Crippen LogP contribution in [0.5, 0.6) is 0 Å². The molecular weight excluding hydrogens is 222 g/mol. The van der Waals surface area contributed by atoms with E-state index in [2.05, 4.69) is 36.5 Å². The Bertz CT molecular complexity index is 317. The molecule has 0 aliphatic heterocycles. The third-order valence-corrected chi connectivity index (χ3v) is 3.81. The van der Waals surface area contributed by atoms with Gasteiger partial charge in [0.05, 0.1) is 13.2 Å². The first kappa shape index (κ1) is 13.6. The lowest BCUT2D eigenvalue weighted by atomic mass is 9.87. The average Bonchev–Trinajstić information content (AvgIpc) is 2.42. The molecule has 1 aliphatic carbocycles. The van der Waals surface area contributed by atoms with Crippen LogP contribution in [0.15, 0.2) is 30.3 Å². The van der Waals surface area contributed by atoms with Crippen LogP contribution in [0, 0.1) is 5.92 Å². The van der Waals surface area contributed by atoms with Crippen LogP contribution in [0.4, 0.5) is 0 Å². The first-order valence-corrected chi connectivity index (χ1v) is 7.19. The lowest BCUT2D eigenvalue weighted by Crippen LogP contribution is -2.34. The Labute approximate surface area is 111 Å². The van der Waals surface area contributed by atoms with Gasteiger partial charge in [-0.2, -0.15) is 0 Å². The van der Waals surface area contributed by atoms with Crippen molar-refractivity contribution in [2.75, 3.05) is 13.2 Å². The number of benzene rings is 1. The maximum Gasteiger partial charge on any atom is 0.0717 e.